The molecule has 5 aromatic rings. The Kier molecular flexibility index (Phi) is 55.9. The molecule has 629 valence electrons. The van der Waals surface area contributed by atoms with Crippen molar-refractivity contribution in [3.63, 3.8) is 0 Å². The van der Waals surface area contributed by atoms with Crippen LogP contribution in [0, 0.1) is 46.0 Å². The van der Waals surface area contributed by atoms with Gasteiger partial charge in [0.25, 0.3) is 5.67 Å². The van der Waals surface area contributed by atoms with Gasteiger partial charge in [0.1, 0.15) is 46.2 Å². The number of nitrogens with two attached hydrogens (primary N) is 1. The van der Waals surface area contributed by atoms with Gasteiger partial charge in [-0.2, -0.15) is 51.7 Å². The second-order valence-corrected chi connectivity index (χ2v) is 33.1. The standard InChI is InChI=1S/C15H20Cl2FNO.C14H18Cl2FNO.C13H16Cl2FNO.C13H12Cl2FNO.C7H8FNO.C7H9NO.C6H3Cl2.C4H8O.CH2Cl2.CH4.B.BrH.Mg.Na.H/c1-19(2)10-14(18)7-3-4-8-15(14,20)11-5-6-12(16)13(17)9-11;1-18-9-13(17)6-2-3-7-14(13,19)10-4-5-11(15)12(16)8-10;2*14-10-4-3-9(7-11(10)15)13(18)6-2-1-5-12(13,16)8-17;8-7(5-9)4-2-1-3-6(7)10;8-5-6-3-1-2-4-7(6)9;7-5-3-1-2-4-6(5)8;1-2-4-5-3-1;2-1-3;;;;;;/h5-6,9,20H,3-4,7-8,10H2,1-2H3;4-5,8,18-19H,2-3,6-7,9H2,1H3;3-4,7,18H,1-2,5-6,8,17H2;3-4,7,18H,1-2,5-6H2;1-4H2;6H,1-4H2;1,3-4H;1-4H2;1H2;1H4;;1H;;;/q;;;;;;-1;;;;;;+2;+1;-1/p-1/t14-,15-;13-,14-;2*12-,13-;;;;;;;;;;;/m1111.........../s1. The van der Waals surface area contributed by atoms with Crippen molar-refractivity contribution in [2.45, 2.75) is 225 Å². The summed E-state index contributed by atoms with van der Waals surface area (Å²) in [5, 5.41) is 75.8. The number of rotatable bonds is 9. The number of hydrogen-bond donors (Lipinski definition) is 6. The summed E-state index contributed by atoms with van der Waals surface area (Å²) in [6.07, 6.45) is 15.9. The predicted octanol–water partition coefficient (Wildman–Crippen LogP) is 16.8. The van der Waals surface area contributed by atoms with Crippen LogP contribution in [0.25, 0.3) is 0 Å². The third-order valence-electron chi connectivity index (χ3n) is 20.5. The van der Waals surface area contributed by atoms with Crippen LogP contribution >= 0.6 is 139 Å². The van der Waals surface area contributed by atoms with Crippen LogP contribution in [0.3, 0.4) is 0 Å². The van der Waals surface area contributed by atoms with Gasteiger partial charge in [-0.15, -0.1) is 34.8 Å². The van der Waals surface area contributed by atoms with Gasteiger partial charge in [0.2, 0.25) is 5.67 Å². The fourth-order valence-electron chi connectivity index (χ4n) is 14.2. The quantitative estimate of drug-likeness (QED) is 0.0349. The van der Waals surface area contributed by atoms with Crippen molar-refractivity contribution in [3.05, 3.63) is 170 Å². The molecule has 34 heteroatoms. The smallest absolute Gasteiger partial charge is 1.00 e. The maximum Gasteiger partial charge on any atom is 2.00 e. The normalized spacial score (nSPS) is 27.5. The monoisotopic (exact) mass is 1920 g/mol. The number of aliphatic hydroxyl groups is 4. The minimum Gasteiger partial charge on any atom is -1.00 e. The molecule has 10 atom stereocenters. The summed E-state index contributed by atoms with van der Waals surface area (Å²) in [6, 6.07) is 31.7. The van der Waals surface area contributed by atoms with Gasteiger partial charge in [0.05, 0.1) is 51.6 Å². The molecule has 0 aromatic heterocycles. The molecular weight excluding hydrogens is 1830 g/mol. The Morgan fingerprint density at radius 3 is 1.22 bits per heavy atom. The number of ketones is 2. The Morgan fingerprint density at radius 2 is 0.896 bits per heavy atom. The number of ether oxygens (including phenoxy) is 1. The van der Waals surface area contributed by atoms with Crippen LogP contribution in [0.5, 0.6) is 0 Å². The average molecular weight is 1930 g/mol. The van der Waals surface area contributed by atoms with E-state index < -0.39 is 56.5 Å². The Morgan fingerprint density at radius 1 is 0.530 bits per heavy atom. The zero-order valence-corrected chi connectivity index (χ0v) is 78.4. The Labute approximate surface area is 788 Å². The van der Waals surface area contributed by atoms with Crippen LogP contribution in [-0.4, -0.2) is 156 Å². The fraction of sp³-hybridized carbons (Fsp3) is 0.568. The van der Waals surface area contributed by atoms with Crippen LogP contribution in [0.15, 0.2) is 91.0 Å². The van der Waals surface area contributed by atoms with Crippen molar-refractivity contribution in [3.8, 4) is 18.2 Å². The molecule has 115 heavy (non-hydrogen) atoms. The van der Waals surface area contributed by atoms with E-state index in [2.05, 4.69) is 11.4 Å². The maximum absolute atomic E-state index is 15.4. The van der Waals surface area contributed by atoms with Crippen LogP contribution in [-0.2, 0) is 36.7 Å². The summed E-state index contributed by atoms with van der Waals surface area (Å²) >= 11 is 67.9. The van der Waals surface area contributed by atoms with Crippen molar-refractivity contribution in [1.82, 2.24) is 10.2 Å². The minimum absolute atomic E-state index is 0. The number of benzene rings is 5. The molecule has 2 unspecified atom stereocenters. The topological polar surface area (TPSA) is 237 Å². The molecule has 0 spiro atoms. The van der Waals surface area contributed by atoms with E-state index in [0.717, 1.165) is 77.4 Å². The van der Waals surface area contributed by atoms with Crippen LogP contribution < -0.4 is 57.6 Å². The predicted molar refractivity (Wildman–Crippen MR) is 455 cm³/mol. The van der Waals surface area contributed by atoms with Crippen molar-refractivity contribution >= 4 is 182 Å². The summed E-state index contributed by atoms with van der Waals surface area (Å²) in [6.45, 7) is 2.09. The van der Waals surface area contributed by atoms with Gasteiger partial charge in [-0.3, -0.25) is 9.59 Å². The molecule has 12 rings (SSSR count). The average Bonchev–Trinajstić information content (AvgIpc) is 0.847. The molecule has 5 aromatic carbocycles. The SMILES string of the molecule is C.C1CCOC1.CN(C)C[C@]1(F)CCCC[C@@]1(O)c1ccc(Cl)c(Cl)c1.CNC[C@]1(F)CCCC[C@@]1(O)c1ccc(Cl)c(Cl)c1.ClCCl.Clc1c[c-]ccc1Cl.N#CC1(F)CCCCC1=O.N#CC1CCCCC1=O.N#C[C@]1(F)CCCC[C@@]1(O)c1ccc(Cl)c(Cl)c1.NC[C@]1(F)CCCC[C@@]1(O)c1ccc(Cl)c(Cl)c1.[B].[Br-].[H-].[Mg+2].[Na+]. The zero-order valence-electron chi connectivity index (χ0n) is 65.3. The molecule has 7 aliphatic rings. The van der Waals surface area contributed by atoms with Crippen molar-refractivity contribution in [2.75, 3.05) is 59.3 Å². The number of carbonyl (C=O) groups is 2. The third kappa shape index (κ3) is 32.2. The number of nitrogens with zero attached hydrogens (tertiary/aromatic N) is 4. The molecule has 6 saturated carbocycles. The number of Topliss-reactive ketones (excluding diaryl/α,β-unsaturated/α-hetero) is 2. The van der Waals surface area contributed by atoms with Gasteiger partial charge in [0.15, 0.2) is 22.8 Å². The molecule has 0 amide bonds. The number of carbonyl (C=O) groups excluding carboxylic acids is 2. The molecule has 3 radical (unpaired) electrons. The summed E-state index contributed by atoms with van der Waals surface area (Å²) < 4.78 is 77.9. The molecule has 1 saturated heterocycles. The Hall–Kier alpha value is -0.969. The molecule has 1 aliphatic heterocycles. The van der Waals surface area contributed by atoms with E-state index in [0.29, 0.717) is 125 Å². The first-order valence-corrected chi connectivity index (χ1v) is 41.1. The summed E-state index contributed by atoms with van der Waals surface area (Å²) in [5.41, 5.74) is -8.71. The van der Waals surface area contributed by atoms with Crippen LogP contribution in [0.4, 0.5) is 22.0 Å². The zero-order chi connectivity index (χ0) is 82.4. The summed E-state index contributed by atoms with van der Waals surface area (Å²) in [7, 11) is 5.31. The summed E-state index contributed by atoms with van der Waals surface area (Å²) in [4.78, 5) is 23.3. The first-order chi connectivity index (χ1) is 51.8. The second-order valence-electron chi connectivity index (χ2n) is 28.3. The number of halogens is 18. The molecule has 0 bridgehead atoms. The summed E-state index contributed by atoms with van der Waals surface area (Å²) in [5.74, 6) is -0.677. The van der Waals surface area contributed by atoms with Crippen molar-refractivity contribution in [2.24, 2.45) is 11.7 Å². The molecular formula is C81H101BBrCl12F5MgN6NaO7. The van der Waals surface area contributed by atoms with Gasteiger partial charge in [0, 0.05) is 60.5 Å². The van der Waals surface area contributed by atoms with Gasteiger partial charge in [-0.25, -0.2) is 22.0 Å². The van der Waals surface area contributed by atoms with E-state index >= 15 is 8.78 Å². The van der Waals surface area contributed by atoms with Crippen molar-refractivity contribution in [1.29, 1.82) is 15.8 Å². The van der Waals surface area contributed by atoms with E-state index in [1.165, 1.54) is 43.2 Å². The second kappa shape index (κ2) is 55.4. The van der Waals surface area contributed by atoms with E-state index in [-0.39, 0.29) is 161 Å². The van der Waals surface area contributed by atoms with Gasteiger partial charge >= 0.3 is 52.6 Å². The van der Waals surface area contributed by atoms with Gasteiger partial charge in [-0.1, -0.05) is 141 Å². The molecule has 7 N–H and O–H groups in total. The Balaban J connectivity index is -0.00000127. The first-order valence-electron chi connectivity index (χ1n) is 36.3. The number of nitrogens with one attached hydrogen (secondary N) is 1. The van der Waals surface area contributed by atoms with Gasteiger partial charge < -0.3 is 59.5 Å². The van der Waals surface area contributed by atoms with E-state index in [4.69, 9.17) is 165 Å². The van der Waals surface area contributed by atoms with Gasteiger partial charge in [-0.05, 0) is 233 Å². The fourth-order valence-corrected chi connectivity index (χ4v) is 15.6. The molecule has 6 aliphatic carbocycles. The molecule has 1 heterocycles. The van der Waals surface area contributed by atoms with E-state index in [1.54, 1.807) is 84.7 Å². The number of alkyl halides is 7. The third-order valence-corrected chi connectivity index (χ3v) is 24.2. The largest absolute Gasteiger partial charge is 2.00 e. The van der Waals surface area contributed by atoms with Crippen LogP contribution in [0.2, 0.25) is 50.2 Å². The number of nitriles is 3. The maximum atomic E-state index is 15.4. The minimum atomic E-state index is -2.28. The molecule has 13 nitrogen and oxygen atoms in total. The molecule has 7 fully saturated rings. The Bertz CT molecular complexity index is 3910. The number of hydrogen-bond acceptors (Lipinski definition) is 13. The van der Waals surface area contributed by atoms with Crippen molar-refractivity contribution < 1.29 is 105 Å². The van der Waals surface area contributed by atoms with E-state index in [9.17, 15) is 43.2 Å². The van der Waals surface area contributed by atoms with E-state index in [1.807, 2.05) is 20.2 Å². The first kappa shape index (κ1) is 116. The van der Waals surface area contributed by atoms with Crippen LogP contribution in [0.1, 0.15) is 198 Å².